The summed E-state index contributed by atoms with van der Waals surface area (Å²) in [5, 5.41) is 2.83. The van der Waals surface area contributed by atoms with Crippen LogP contribution in [0.2, 0.25) is 0 Å². The van der Waals surface area contributed by atoms with Crippen molar-refractivity contribution in [2.24, 2.45) is 0 Å². The van der Waals surface area contributed by atoms with Gasteiger partial charge < -0.3 is 0 Å². The van der Waals surface area contributed by atoms with Gasteiger partial charge in [0.25, 0.3) is 0 Å². The summed E-state index contributed by atoms with van der Waals surface area (Å²) in [5.74, 6) is 0. The number of hydrogen-bond donors (Lipinski definition) is 0. The van der Waals surface area contributed by atoms with E-state index in [-0.39, 0.29) is 0 Å². The van der Waals surface area contributed by atoms with Gasteiger partial charge in [0, 0.05) is 0 Å². The zero-order valence-electron chi connectivity index (χ0n) is 8.23. The molecule has 0 fully saturated rings. The summed E-state index contributed by atoms with van der Waals surface area (Å²) in [6.07, 6.45) is 1.92. The molecular weight excluding hydrogens is 247 g/mol. The number of fused-ring (bicyclic) bond motifs is 3. The van der Waals surface area contributed by atoms with Gasteiger partial charge in [-0.1, -0.05) is 0 Å². The van der Waals surface area contributed by atoms with E-state index >= 15 is 0 Å². The summed E-state index contributed by atoms with van der Waals surface area (Å²) < 4.78 is 2.99. The molecule has 0 aliphatic carbocycles. The Morgan fingerprint density at radius 2 is 1.73 bits per heavy atom. The third kappa shape index (κ3) is 1.36. The molecule has 0 N–H and O–H groups in total. The fourth-order valence-corrected chi connectivity index (χ4v) is 4.29. The average molecular weight is 257 g/mol. The summed E-state index contributed by atoms with van der Waals surface area (Å²) in [6.45, 7) is 3.81. The molecule has 72 valence electrons. The Morgan fingerprint density at radius 3 is 2.60 bits per heavy atom. The molecule has 0 saturated heterocycles. The van der Waals surface area contributed by atoms with Gasteiger partial charge in [0.2, 0.25) is 0 Å². The molecule has 3 rings (SSSR count). The second-order valence-corrected chi connectivity index (χ2v) is 5.83. The zero-order chi connectivity index (χ0) is 10.3. The van der Waals surface area contributed by atoms with Gasteiger partial charge in [-0.05, 0) is 0 Å². The Labute approximate surface area is 94.6 Å². The minimum absolute atomic E-state index is 0.477. The molecule has 1 heteroatoms. The van der Waals surface area contributed by atoms with E-state index in [1.54, 1.807) is 0 Å². The Kier molecular flexibility index (Phi) is 2.02. The van der Waals surface area contributed by atoms with Gasteiger partial charge in [-0.2, -0.15) is 0 Å². The standard InChI is InChI=1S/C14H10Se/c1-2-10-7-8-12-11-5-3-4-6-13(11)15-14(12)9-10/h2-9H,1H2. The predicted molar refractivity (Wildman–Crippen MR) is 68.5 cm³/mol. The van der Waals surface area contributed by atoms with Crippen molar-refractivity contribution in [2.45, 2.75) is 0 Å². The van der Waals surface area contributed by atoms with Gasteiger partial charge in [-0.25, -0.2) is 0 Å². The molecule has 0 saturated carbocycles. The normalized spacial score (nSPS) is 10.9. The first-order valence-electron chi connectivity index (χ1n) is 4.92. The van der Waals surface area contributed by atoms with E-state index in [0.29, 0.717) is 14.5 Å². The molecule has 1 aromatic heterocycles. The van der Waals surface area contributed by atoms with Crippen molar-refractivity contribution in [3.63, 3.8) is 0 Å². The van der Waals surface area contributed by atoms with E-state index in [1.165, 1.54) is 24.9 Å². The average Bonchev–Trinajstić information content (AvgIpc) is 2.66. The molecule has 0 radical (unpaired) electrons. The molecule has 0 aliphatic rings. The van der Waals surface area contributed by atoms with Crippen LogP contribution >= 0.6 is 0 Å². The van der Waals surface area contributed by atoms with E-state index in [9.17, 15) is 0 Å². The van der Waals surface area contributed by atoms with E-state index in [0.717, 1.165) is 0 Å². The van der Waals surface area contributed by atoms with Crippen LogP contribution in [0.15, 0.2) is 49.0 Å². The van der Waals surface area contributed by atoms with Crippen LogP contribution in [0.3, 0.4) is 0 Å². The molecule has 0 nitrogen and oxygen atoms in total. The molecule has 2 aromatic carbocycles. The Morgan fingerprint density at radius 1 is 0.933 bits per heavy atom. The first kappa shape index (κ1) is 8.96. The maximum atomic E-state index is 3.81. The summed E-state index contributed by atoms with van der Waals surface area (Å²) >= 11 is 0.477. The van der Waals surface area contributed by atoms with E-state index < -0.39 is 0 Å². The van der Waals surface area contributed by atoms with Gasteiger partial charge in [0.05, 0.1) is 0 Å². The van der Waals surface area contributed by atoms with Crippen LogP contribution in [0, 0.1) is 0 Å². The fraction of sp³-hybridized carbons (Fsp3) is 0. The van der Waals surface area contributed by atoms with Gasteiger partial charge in [0.15, 0.2) is 0 Å². The number of benzene rings is 2. The van der Waals surface area contributed by atoms with Crippen molar-refractivity contribution in [3.05, 3.63) is 54.6 Å². The van der Waals surface area contributed by atoms with Crippen LogP contribution in [0.5, 0.6) is 0 Å². The molecule has 0 unspecified atom stereocenters. The summed E-state index contributed by atoms with van der Waals surface area (Å²) in [5.41, 5.74) is 1.23. The molecule has 0 aliphatic heterocycles. The van der Waals surface area contributed by atoms with Gasteiger partial charge in [-0.15, -0.1) is 0 Å². The van der Waals surface area contributed by atoms with Crippen molar-refractivity contribution in [2.75, 3.05) is 0 Å². The van der Waals surface area contributed by atoms with Crippen molar-refractivity contribution in [3.8, 4) is 0 Å². The van der Waals surface area contributed by atoms with Crippen LogP contribution in [0.4, 0.5) is 0 Å². The van der Waals surface area contributed by atoms with E-state index in [2.05, 4.69) is 49.0 Å². The molecule has 0 spiro atoms. The molecule has 1 heterocycles. The number of hydrogen-bond acceptors (Lipinski definition) is 0. The maximum absolute atomic E-state index is 3.81. The zero-order valence-corrected chi connectivity index (χ0v) is 9.95. The summed E-state index contributed by atoms with van der Waals surface area (Å²) in [7, 11) is 0. The van der Waals surface area contributed by atoms with E-state index in [1.807, 2.05) is 6.08 Å². The first-order valence-corrected chi connectivity index (χ1v) is 6.63. The molecule has 0 atom stereocenters. The monoisotopic (exact) mass is 258 g/mol. The predicted octanol–water partition coefficient (Wildman–Crippen LogP) is 3.69. The Balaban J connectivity index is 2.48. The molecule has 0 bridgehead atoms. The van der Waals surface area contributed by atoms with E-state index in [4.69, 9.17) is 0 Å². The van der Waals surface area contributed by atoms with Crippen molar-refractivity contribution in [1.82, 2.24) is 0 Å². The van der Waals surface area contributed by atoms with Gasteiger partial charge in [0.1, 0.15) is 0 Å². The topological polar surface area (TPSA) is 0 Å². The van der Waals surface area contributed by atoms with Crippen LogP contribution in [-0.2, 0) is 0 Å². The SMILES string of the molecule is C=Cc1ccc2c(c1)[se]c1ccccc12. The van der Waals surface area contributed by atoms with Crippen molar-refractivity contribution in [1.29, 1.82) is 0 Å². The number of rotatable bonds is 1. The minimum atomic E-state index is 0.477. The Hall–Kier alpha value is -1.30. The summed E-state index contributed by atoms with van der Waals surface area (Å²) in [4.78, 5) is 0. The van der Waals surface area contributed by atoms with Crippen LogP contribution in [0.25, 0.3) is 25.4 Å². The molecular formula is C14H10Se. The van der Waals surface area contributed by atoms with Gasteiger partial charge >= 0.3 is 94.5 Å². The van der Waals surface area contributed by atoms with Crippen molar-refractivity contribution < 1.29 is 0 Å². The van der Waals surface area contributed by atoms with Crippen LogP contribution < -0.4 is 0 Å². The third-order valence-electron chi connectivity index (χ3n) is 2.64. The van der Waals surface area contributed by atoms with Crippen LogP contribution in [-0.4, -0.2) is 14.5 Å². The summed E-state index contributed by atoms with van der Waals surface area (Å²) in [6, 6.07) is 15.3. The second kappa shape index (κ2) is 3.37. The third-order valence-corrected chi connectivity index (χ3v) is 5.02. The van der Waals surface area contributed by atoms with Gasteiger partial charge in [-0.3, -0.25) is 0 Å². The second-order valence-electron chi connectivity index (χ2n) is 3.56. The first-order chi connectivity index (χ1) is 7.38. The quantitative estimate of drug-likeness (QED) is 0.583. The van der Waals surface area contributed by atoms with Crippen LogP contribution in [0.1, 0.15) is 5.56 Å². The fourth-order valence-electron chi connectivity index (χ4n) is 1.87. The molecule has 0 amide bonds. The molecule has 15 heavy (non-hydrogen) atoms. The molecule has 3 aromatic rings. The van der Waals surface area contributed by atoms with Crippen molar-refractivity contribution >= 4 is 39.9 Å². The Bertz CT molecular complexity index is 647.